The molecule has 0 aliphatic heterocycles. The van der Waals surface area contributed by atoms with Crippen molar-refractivity contribution in [1.29, 1.82) is 0 Å². The summed E-state index contributed by atoms with van der Waals surface area (Å²) in [5.41, 5.74) is 2.17. The monoisotopic (exact) mass is 176 g/mol. The van der Waals surface area contributed by atoms with Gasteiger partial charge in [-0.25, -0.2) is 0 Å². The second-order valence-corrected chi connectivity index (χ2v) is 3.38. The summed E-state index contributed by atoms with van der Waals surface area (Å²) in [6.45, 7) is 14.0. The Bertz CT molecular complexity index is 228. The average Bonchev–Trinajstić information content (AvgIpc) is 2.11. The van der Waals surface area contributed by atoms with Gasteiger partial charge in [0.05, 0.1) is 0 Å². The van der Waals surface area contributed by atoms with Crippen LogP contribution in [0.4, 0.5) is 0 Å². The minimum absolute atomic E-state index is 0.646. The molecule has 0 nitrogen and oxygen atoms in total. The van der Waals surface area contributed by atoms with Crippen molar-refractivity contribution < 1.29 is 0 Å². The zero-order valence-electron chi connectivity index (χ0n) is 9.01. The van der Waals surface area contributed by atoms with Crippen LogP contribution in [0.3, 0.4) is 0 Å². The molecule has 72 valence electrons. The van der Waals surface area contributed by atoms with Crippen LogP contribution in [-0.4, -0.2) is 0 Å². The predicted octanol–water partition coefficient (Wildman–Crippen LogP) is 4.28. The molecule has 0 aliphatic carbocycles. The fourth-order valence-corrected chi connectivity index (χ4v) is 0.870. The van der Waals surface area contributed by atoms with Gasteiger partial charge in [0.15, 0.2) is 0 Å². The molecule has 0 saturated carbocycles. The van der Waals surface area contributed by atoms with Crippen LogP contribution in [0, 0.1) is 5.92 Å². The summed E-state index contributed by atoms with van der Waals surface area (Å²) in [5.74, 6) is 0.646. The van der Waals surface area contributed by atoms with E-state index >= 15 is 0 Å². The van der Waals surface area contributed by atoms with Crippen LogP contribution >= 0.6 is 0 Å². The van der Waals surface area contributed by atoms with Gasteiger partial charge in [-0.1, -0.05) is 63.3 Å². The zero-order valence-corrected chi connectivity index (χ0v) is 9.01. The molecule has 0 N–H and O–H groups in total. The van der Waals surface area contributed by atoms with E-state index in [-0.39, 0.29) is 0 Å². The molecule has 0 bridgehead atoms. The highest BCUT2D eigenvalue weighted by atomic mass is 14.0. The van der Waals surface area contributed by atoms with E-state index in [1.165, 1.54) is 6.42 Å². The van der Waals surface area contributed by atoms with Crippen molar-refractivity contribution in [2.24, 2.45) is 5.92 Å². The van der Waals surface area contributed by atoms with E-state index in [4.69, 9.17) is 0 Å². The minimum Gasteiger partial charge on any atom is -0.0985 e. The van der Waals surface area contributed by atoms with Crippen molar-refractivity contribution in [1.82, 2.24) is 0 Å². The lowest BCUT2D eigenvalue weighted by Crippen LogP contribution is -1.83. The van der Waals surface area contributed by atoms with Crippen molar-refractivity contribution in [2.45, 2.75) is 27.2 Å². The summed E-state index contributed by atoms with van der Waals surface area (Å²) in [6, 6.07) is 0. The van der Waals surface area contributed by atoms with E-state index in [0.717, 1.165) is 11.1 Å². The maximum atomic E-state index is 3.87. The highest BCUT2D eigenvalue weighted by molar-refractivity contribution is 5.37. The molecule has 0 aromatic heterocycles. The Morgan fingerprint density at radius 1 is 1.46 bits per heavy atom. The van der Waals surface area contributed by atoms with Gasteiger partial charge < -0.3 is 0 Å². The van der Waals surface area contributed by atoms with Crippen LogP contribution in [0.5, 0.6) is 0 Å². The summed E-state index contributed by atoms with van der Waals surface area (Å²) in [6.07, 6.45) is 9.36. The summed E-state index contributed by atoms with van der Waals surface area (Å²) < 4.78 is 0. The van der Waals surface area contributed by atoms with E-state index in [9.17, 15) is 0 Å². The summed E-state index contributed by atoms with van der Waals surface area (Å²) in [4.78, 5) is 0. The van der Waals surface area contributed by atoms with Gasteiger partial charge in [-0.2, -0.15) is 0 Å². The van der Waals surface area contributed by atoms with Gasteiger partial charge in [0.25, 0.3) is 0 Å². The number of allylic oxidation sites excluding steroid dienone is 6. The molecule has 0 aromatic carbocycles. The fraction of sp³-hybridized carbons (Fsp3) is 0.385. The van der Waals surface area contributed by atoms with Crippen LogP contribution in [0.25, 0.3) is 0 Å². The zero-order chi connectivity index (χ0) is 10.3. The quantitative estimate of drug-likeness (QED) is 0.548. The van der Waals surface area contributed by atoms with Gasteiger partial charge in [0.2, 0.25) is 0 Å². The van der Waals surface area contributed by atoms with Crippen molar-refractivity contribution in [3.63, 3.8) is 0 Å². The minimum atomic E-state index is 0.646. The number of rotatable bonds is 5. The van der Waals surface area contributed by atoms with Gasteiger partial charge in [0.1, 0.15) is 0 Å². The topological polar surface area (TPSA) is 0 Å². The first kappa shape index (κ1) is 12.0. The second kappa shape index (κ2) is 6.47. The maximum Gasteiger partial charge on any atom is -0.0239 e. The van der Waals surface area contributed by atoms with Gasteiger partial charge in [-0.05, 0) is 18.4 Å². The summed E-state index contributed by atoms with van der Waals surface area (Å²) in [5, 5.41) is 0. The maximum absolute atomic E-state index is 3.87. The fourth-order valence-electron chi connectivity index (χ4n) is 0.870. The van der Waals surface area contributed by atoms with Gasteiger partial charge in [-0.3, -0.25) is 0 Å². The molecule has 1 atom stereocenters. The summed E-state index contributed by atoms with van der Waals surface area (Å²) >= 11 is 0. The van der Waals surface area contributed by atoms with Crippen LogP contribution < -0.4 is 0 Å². The Morgan fingerprint density at radius 2 is 2.08 bits per heavy atom. The van der Waals surface area contributed by atoms with Gasteiger partial charge in [0, 0.05) is 0 Å². The molecular weight excluding hydrogens is 156 g/mol. The highest BCUT2D eigenvalue weighted by Gasteiger charge is 1.90. The second-order valence-electron chi connectivity index (χ2n) is 3.38. The molecule has 0 spiro atoms. The molecule has 0 fully saturated rings. The SMILES string of the molecule is C=CC(=CC=CC(C)CC)C(=C)C. The molecule has 0 rings (SSSR count). The Balaban J connectivity index is 4.30. The van der Waals surface area contributed by atoms with Crippen LogP contribution in [0.1, 0.15) is 27.2 Å². The highest BCUT2D eigenvalue weighted by Crippen LogP contribution is 2.08. The van der Waals surface area contributed by atoms with E-state index in [1.807, 2.05) is 13.0 Å². The molecule has 13 heavy (non-hydrogen) atoms. The lowest BCUT2D eigenvalue weighted by atomic mass is 10.1. The third-order valence-corrected chi connectivity index (χ3v) is 2.07. The first-order valence-electron chi connectivity index (χ1n) is 4.78. The lowest BCUT2D eigenvalue weighted by molar-refractivity contribution is 0.698. The third kappa shape index (κ3) is 5.24. The van der Waals surface area contributed by atoms with Crippen LogP contribution in [0.2, 0.25) is 0 Å². The smallest absolute Gasteiger partial charge is 0.0239 e. The van der Waals surface area contributed by atoms with Crippen LogP contribution in [-0.2, 0) is 0 Å². The Hall–Kier alpha value is -1.04. The van der Waals surface area contributed by atoms with Crippen molar-refractivity contribution in [3.8, 4) is 0 Å². The van der Waals surface area contributed by atoms with E-state index < -0.39 is 0 Å². The molecule has 0 amide bonds. The van der Waals surface area contributed by atoms with E-state index in [0.29, 0.717) is 5.92 Å². The van der Waals surface area contributed by atoms with Gasteiger partial charge >= 0.3 is 0 Å². The Labute approximate surface area is 82.4 Å². The van der Waals surface area contributed by atoms with Crippen molar-refractivity contribution in [3.05, 3.63) is 48.6 Å². The standard InChI is InChI=1S/C13H20/c1-6-12(5)9-8-10-13(7-2)11(3)4/h7-10,12H,2-3,6H2,1,4-5H3. The molecule has 1 unspecified atom stereocenters. The molecular formula is C13H20. The van der Waals surface area contributed by atoms with E-state index in [1.54, 1.807) is 0 Å². The number of hydrogen-bond acceptors (Lipinski definition) is 0. The van der Waals surface area contributed by atoms with Gasteiger partial charge in [-0.15, -0.1) is 0 Å². The first-order chi connectivity index (χ1) is 6.11. The van der Waals surface area contributed by atoms with E-state index in [2.05, 4.69) is 45.2 Å². The molecule has 0 heteroatoms. The first-order valence-corrected chi connectivity index (χ1v) is 4.78. The molecule has 0 saturated heterocycles. The normalized spacial score (nSPS) is 14.5. The van der Waals surface area contributed by atoms with Crippen molar-refractivity contribution in [2.75, 3.05) is 0 Å². The Morgan fingerprint density at radius 3 is 2.46 bits per heavy atom. The molecule has 0 heterocycles. The molecule has 0 aliphatic rings. The molecule has 0 aromatic rings. The molecule has 0 radical (unpaired) electrons. The lowest BCUT2D eigenvalue weighted by Gasteiger charge is -1.99. The van der Waals surface area contributed by atoms with Crippen molar-refractivity contribution >= 4 is 0 Å². The number of hydrogen-bond donors (Lipinski definition) is 0. The predicted molar refractivity (Wildman–Crippen MR) is 61.7 cm³/mol. The average molecular weight is 176 g/mol. The summed E-state index contributed by atoms with van der Waals surface area (Å²) in [7, 11) is 0. The van der Waals surface area contributed by atoms with Crippen LogP contribution in [0.15, 0.2) is 48.6 Å². The largest absolute Gasteiger partial charge is 0.0985 e. The third-order valence-electron chi connectivity index (χ3n) is 2.07. The Kier molecular flexibility index (Phi) is 5.96.